The van der Waals surface area contributed by atoms with Crippen LogP contribution in [0.25, 0.3) is 0 Å². The van der Waals surface area contributed by atoms with E-state index in [4.69, 9.17) is 0 Å². The first kappa shape index (κ1) is 12.9. The van der Waals surface area contributed by atoms with Crippen molar-refractivity contribution in [1.82, 2.24) is 15.5 Å². The van der Waals surface area contributed by atoms with E-state index in [-0.39, 0.29) is 24.9 Å². The fraction of sp³-hybridized carbons (Fsp3) is 0.800. The van der Waals surface area contributed by atoms with Gasteiger partial charge in [-0.15, -0.1) is 0 Å². The van der Waals surface area contributed by atoms with Crippen LogP contribution >= 0.6 is 0 Å². The molecule has 6 nitrogen and oxygen atoms in total. The van der Waals surface area contributed by atoms with Crippen molar-refractivity contribution < 1.29 is 14.7 Å². The monoisotopic (exact) mass is 229 g/mol. The fourth-order valence-electron chi connectivity index (χ4n) is 1.67. The summed E-state index contributed by atoms with van der Waals surface area (Å²) in [6.45, 7) is 4.01. The standard InChI is InChI=1S/C10H19N3O3/c1-10(2,16)6-13(3)9(15)7-4-12-8(14)5-11-7/h7,11,16H,4-6H2,1-3H3,(H,12,14). The molecule has 0 radical (unpaired) electrons. The van der Waals surface area contributed by atoms with Gasteiger partial charge in [0.2, 0.25) is 11.8 Å². The third-order valence-electron chi connectivity index (χ3n) is 2.31. The molecule has 0 aromatic rings. The van der Waals surface area contributed by atoms with Gasteiger partial charge >= 0.3 is 0 Å². The van der Waals surface area contributed by atoms with Crippen molar-refractivity contribution in [3.05, 3.63) is 0 Å². The molecule has 16 heavy (non-hydrogen) atoms. The average Bonchev–Trinajstić information content (AvgIpc) is 2.15. The summed E-state index contributed by atoms with van der Waals surface area (Å²) in [6.07, 6.45) is 0. The number of likely N-dealkylation sites (N-methyl/N-ethyl adjacent to an activating group) is 1. The number of hydrogen-bond donors (Lipinski definition) is 3. The van der Waals surface area contributed by atoms with Crippen molar-refractivity contribution in [2.45, 2.75) is 25.5 Å². The van der Waals surface area contributed by atoms with Crippen LogP contribution in [0, 0.1) is 0 Å². The Morgan fingerprint density at radius 2 is 2.25 bits per heavy atom. The van der Waals surface area contributed by atoms with Crippen LogP contribution in [0.3, 0.4) is 0 Å². The van der Waals surface area contributed by atoms with Gasteiger partial charge in [-0.2, -0.15) is 0 Å². The highest BCUT2D eigenvalue weighted by Crippen LogP contribution is 2.05. The Labute approximate surface area is 95.0 Å². The van der Waals surface area contributed by atoms with Gasteiger partial charge in [-0.3, -0.25) is 14.9 Å². The maximum atomic E-state index is 11.9. The summed E-state index contributed by atoms with van der Waals surface area (Å²) in [5.74, 6) is -0.226. The van der Waals surface area contributed by atoms with E-state index in [9.17, 15) is 14.7 Å². The first-order valence-corrected chi connectivity index (χ1v) is 5.27. The van der Waals surface area contributed by atoms with E-state index in [1.54, 1.807) is 20.9 Å². The van der Waals surface area contributed by atoms with Crippen LogP contribution < -0.4 is 10.6 Å². The minimum absolute atomic E-state index is 0.103. The Morgan fingerprint density at radius 1 is 1.62 bits per heavy atom. The molecule has 1 fully saturated rings. The zero-order valence-electron chi connectivity index (χ0n) is 9.91. The Balaban J connectivity index is 2.48. The zero-order valence-corrected chi connectivity index (χ0v) is 9.91. The van der Waals surface area contributed by atoms with Gasteiger partial charge in [0.1, 0.15) is 6.04 Å². The van der Waals surface area contributed by atoms with Crippen molar-refractivity contribution in [3.8, 4) is 0 Å². The highest BCUT2D eigenvalue weighted by atomic mass is 16.3. The normalized spacial score (nSPS) is 21.5. The SMILES string of the molecule is CN(CC(C)(C)O)C(=O)C1CNC(=O)CN1. The molecule has 3 N–H and O–H groups in total. The topological polar surface area (TPSA) is 81.7 Å². The fourth-order valence-corrected chi connectivity index (χ4v) is 1.67. The Hall–Kier alpha value is -1.14. The third-order valence-corrected chi connectivity index (χ3v) is 2.31. The summed E-state index contributed by atoms with van der Waals surface area (Å²) in [5.41, 5.74) is -0.914. The van der Waals surface area contributed by atoms with Gasteiger partial charge in [0.15, 0.2) is 0 Å². The molecule has 1 saturated heterocycles. The van der Waals surface area contributed by atoms with Crippen LogP contribution in [-0.2, 0) is 9.59 Å². The van der Waals surface area contributed by atoms with Crippen LogP contribution in [0.15, 0.2) is 0 Å². The molecule has 6 heteroatoms. The van der Waals surface area contributed by atoms with E-state index in [1.165, 1.54) is 4.90 Å². The first-order chi connectivity index (χ1) is 7.29. The van der Waals surface area contributed by atoms with Crippen molar-refractivity contribution >= 4 is 11.8 Å². The molecule has 1 heterocycles. The summed E-state index contributed by atoms with van der Waals surface area (Å²) in [7, 11) is 1.64. The molecule has 1 aliphatic rings. The predicted octanol–water partition coefficient (Wildman–Crippen LogP) is -1.70. The lowest BCUT2D eigenvalue weighted by Gasteiger charge is -2.31. The lowest BCUT2D eigenvalue weighted by molar-refractivity contribution is -0.136. The molecule has 0 saturated carbocycles. The maximum Gasteiger partial charge on any atom is 0.241 e. The molecule has 1 aliphatic heterocycles. The van der Waals surface area contributed by atoms with Crippen molar-refractivity contribution in [2.24, 2.45) is 0 Å². The van der Waals surface area contributed by atoms with Gasteiger partial charge in [-0.1, -0.05) is 0 Å². The second-order valence-electron chi connectivity index (χ2n) is 4.74. The van der Waals surface area contributed by atoms with E-state index >= 15 is 0 Å². The van der Waals surface area contributed by atoms with Crippen molar-refractivity contribution in [3.63, 3.8) is 0 Å². The average molecular weight is 229 g/mol. The van der Waals surface area contributed by atoms with Crippen LogP contribution in [-0.4, -0.2) is 60.1 Å². The lowest BCUT2D eigenvalue weighted by Crippen LogP contribution is -2.59. The molecule has 1 unspecified atom stereocenters. The summed E-state index contributed by atoms with van der Waals surface area (Å²) in [5, 5.41) is 15.1. The number of rotatable bonds is 3. The number of nitrogens with zero attached hydrogens (tertiary/aromatic N) is 1. The van der Waals surface area contributed by atoms with Crippen LogP contribution in [0.4, 0.5) is 0 Å². The van der Waals surface area contributed by atoms with Crippen LogP contribution in [0.5, 0.6) is 0 Å². The minimum Gasteiger partial charge on any atom is -0.389 e. The smallest absolute Gasteiger partial charge is 0.241 e. The van der Waals surface area contributed by atoms with E-state index < -0.39 is 11.6 Å². The first-order valence-electron chi connectivity index (χ1n) is 5.27. The van der Waals surface area contributed by atoms with E-state index in [0.717, 1.165) is 0 Å². The molecule has 1 rings (SSSR count). The molecule has 0 bridgehead atoms. The van der Waals surface area contributed by atoms with Gasteiger partial charge < -0.3 is 15.3 Å². The number of hydrogen-bond acceptors (Lipinski definition) is 4. The molecule has 0 spiro atoms. The second kappa shape index (κ2) is 4.80. The molecule has 1 atom stereocenters. The minimum atomic E-state index is -0.914. The number of carbonyl (C=O) groups excluding carboxylic acids is 2. The second-order valence-corrected chi connectivity index (χ2v) is 4.74. The van der Waals surface area contributed by atoms with Gasteiger partial charge in [0, 0.05) is 20.1 Å². The van der Waals surface area contributed by atoms with E-state index in [1.807, 2.05) is 0 Å². The highest BCUT2D eigenvalue weighted by molar-refractivity contribution is 5.86. The molecular formula is C10H19N3O3. The number of piperazine rings is 1. The third kappa shape index (κ3) is 3.79. The summed E-state index contributed by atoms with van der Waals surface area (Å²) in [4.78, 5) is 24.2. The van der Waals surface area contributed by atoms with Crippen LogP contribution in [0.1, 0.15) is 13.8 Å². The Bertz CT molecular complexity index is 276. The van der Waals surface area contributed by atoms with Gasteiger partial charge in [-0.05, 0) is 13.8 Å². The Morgan fingerprint density at radius 3 is 2.69 bits per heavy atom. The molecule has 2 amide bonds. The molecule has 0 aromatic carbocycles. The zero-order chi connectivity index (χ0) is 12.3. The lowest BCUT2D eigenvalue weighted by atomic mass is 10.1. The van der Waals surface area contributed by atoms with Gasteiger partial charge in [-0.25, -0.2) is 0 Å². The summed E-state index contributed by atoms with van der Waals surface area (Å²) in [6, 6.07) is -0.398. The van der Waals surface area contributed by atoms with Gasteiger partial charge in [0.05, 0.1) is 12.1 Å². The van der Waals surface area contributed by atoms with Gasteiger partial charge in [0.25, 0.3) is 0 Å². The van der Waals surface area contributed by atoms with Crippen LogP contribution in [0.2, 0.25) is 0 Å². The molecular weight excluding hydrogens is 210 g/mol. The summed E-state index contributed by atoms with van der Waals surface area (Å²) < 4.78 is 0. The number of carbonyl (C=O) groups is 2. The van der Waals surface area contributed by atoms with Crippen molar-refractivity contribution in [1.29, 1.82) is 0 Å². The quantitative estimate of drug-likeness (QED) is 0.539. The van der Waals surface area contributed by atoms with E-state index in [0.29, 0.717) is 6.54 Å². The maximum absolute atomic E-state index is 11.9. The summed E-state index contributed by atoms with van der Waals surface area (Å²) >= 11 is 0. The molecule has 92 valence electrons. The number of nitrogens with one attached hydrogen (secondary N) is 2. The largest absolute Gasteiger partial charge is 0.389 e. The van der Waals surface area contributed by atoms with E-state index in [2.05, 4.69) is 10.6 Å². The molecule has 0 aliphatic carbocycles. The molecule has 0 aromatic heterocycles. The highest BCUT2D eigenvalue weighted by Gasteiger charge is 2.28. The van der Waals surface area contributed by atoms with Crippen molar-refractivity contribution in [2.75, 3.05) is 26.7 Å². The predicted molar refractivity (Wildman–Crippen MR) is 58.7 cm³/mol. The Kier molecular flexibility index (Phi) is 3.88. The number of amides is 2. The number of aliphatic hydroxyl groups is 1.